The molecule has 0 bridgehead atoms. The van der Waals surface area contributed by atoms with Crippen molar-refractivity contribution >= 4 is 17.2 Å². The molecule has 104 valence electrons. The summed E-state index contributed by atoms with van der Waals surface area (Å²) in [5.41, 5.74) is 10.0. The Morgan fingerprint density at radius 3 is 2.67 bits per heavy atom. The van der Waals surface area contributed by atoms with Gasteiger partial charge in [0.1, 0.15) is 5.01 Å². The van der Waals surface area contributed by atoms with Crippen molar-refractivity contribution in [3.63, 3.8) is 0 Å². The molecule has 3 nitrogen and oxygen atoms in total. The van der Waals surface area contributed by atoms with E-state index in [-0.39, 0.29) is 0 Å². The average molecular weight is 294 g/mol. The summed E-state index contributed by atoms with van der Waals surface area (Å²) < 4.78 is 0. The first-order valence-corrected chi connectivity index (χ1v) is 7.44. The summed E-state index contributed by atoms with van der Waals surface area (Å²) in [6, 6.07) is 13.6. The van der Waals surface area contributed by atoms with Crippen molar-refractivity contribution < 1.29 is 4.79 Å². The van der Waals surface area contributed by atoms with Gasteiger partial charge in [-0.25, -0.2) is 4.98 Å². The first kappa shape index (κ1) is 13.5. The lowest BCUT2D eigenvalue weighted by Gasteiger charge is -2.11. The molecule has 0 aliphatic rings. The van der Waals surface area contributed by atoms with Gasteiger partial charge < -0.3 is 5.73 Å². The number of rotatable bonds is 3. The van der Waals surface area contributed by atoms with Crippen LogP contribution in [0.3, 0.4) is 0 Å². The van der Waals surface area contributed by atoms with Crippen LogP contribution in [-0.4, -0.2) is 10.9 Å². The first-order chi connectivity index (χ1) is 10.2. The number of amides is 1. The van der Waals surface area contributed by atoms with Crippen LogP contribution in [0.5, 0.6) is 0 Å². The minimum Gasteiger partial charge on any atom is -0.366 e. The second-order valence-electron chi connectivity index (χ2n) is 4.78. The largest absolute Gasteiger partial charge is 0.366 e. The topological polar surface area (TPSA) is 56.0 Å². The molecule has 0 atom stereocenters. The number of carbonyl (C=O) groups excluding carboxylic acids is 1. The summed E-state index contributed by atoms with van der Waals surface area (Å²) in [5.74, 6) is -0.412. The summed E-state index contributed by atoms with van der Waals surface area (Å²) >= 11 is 1.59. The normalized spacial score (nSPS) is 10.5. The summed E-state index contributed by atoms with van der Waals surface area (Å²) in [6.45, 7) is 2.03. The van der Waals surface area contributed by atoms with Crippen molar-refractivity contribution in [1.29, 1.82) is 0 Å². The SMILES string of the molecule is Cc1ccc(-c2nccs2)cc1-c1ccccc1C(N)=O. The number of nitrogens with two attached hydrogens (primary N) is 1. The molecular formula is C17H14N2OS. The number of benzene rings is 2. The van der Waals surface area contributed by atoms with Gasteiger partial charge in [0.05, 0.1) is 0 Å². The number of hydrogen-bond acceptors (Lipinski definition) is 3. The van der Waals surface area contributed by atoms with Crippen LogP contribution in [0.25, 0.3) is 21.7 Å². The van der Waals surface area contributed by atoms with Crippen molar-refractivity contribution in [2.45, 2.75) is 6.92 Å². The molecule has 0 saturated carbocycles. The summed E-state index contributed by atoms with van der Waals surface area (Å²) in [7, 11) is 0. The predicted molar refractivity (Wildman–Crippen MR) is 86.2 cm³/mol. The smallest absolute Gasteiger partial charge is 0.249 e. The molecule has 0 spiro atoms. The third kappa shape index (κ3) is 2.58. The highest BCUT2D eigenvalue weighted by Gasteiger charge is 2.12. The number of primary amides is 1. The monoisotopic (exact) mass is 294 g/mol. The highest BCUT2D eigenvalue weighted by Crippen LogP contribution is 2.32. The molecule has 0 unspecified atom stereocenters. The maximum Gasteiger partial charge on any atom is 0.249 e. The van der Waals surface area contributed by atoms with Crippen LogP contribution in [0, 0.1) is 6.92 Å². The third-order valence-corrected chi connectivity index (χ3v) is 4.22. The van der Waals surface area contributed by atoms with Crippen molar-refractivity contribution in [2.75, 3.05) is 0 Å². The van der Waals surface area contributed by atoms with E-state index in [1.807, 2.05) is 42.6 Å². The Bertz CT molecular complexity index is 794. The Hall–Kier alpha value is -2.46. The van der Waals surface area contributed by atoms with Gasteiger partial charge in [-0.2, -0.15) is 0 Å². The van der Waals surface area contributed by atoms with E-state index in [1.165, 1.54) is 0 Å². The molecule has 0 aliphatic heterocycles. The zero-order valence-corrected chi connectivity index (χ0v) is 12.4. The van der Waals surface area contributed by atoms with Crippen molar-refractivity contribution in [3.05, 3.63) is 65.2 Å². The van der Waals surface area contributed by atoms with E-state index in [2.05, 4.69) is 11.1 Å². The van der Waals surface area contributed by atoms with Crippen molar-refractivity contribution in [3.8, 4) is 21.7 Å². The summed E-state index contributed by atoms with van der Waals surface area (Å²) in [5, 5.41) is 2.92. The number of hydrogen-bond donors (Lipinski definition) is 1. The molecule has 1 heterocycles. The molecule has 2 aromatic carbocycles. The fraction of sp³-hybridized carbons (Fsp3) is 0.0588. The molecule has 0 radical (unpaired) electrons. The Morgan fingerprint density at radius 2 is 1.95 bits per heavy atom. The number of aromatic nitrogens is 1. The predicted octanol–water partition coefficient (Wildman–Crippen LogP) is 3.88. The zero-order chi connectivity index (χ0) is 14.8. The Kier molecular flexibility index (Phi) is 3.54. The molecule has 2 N–H and O–H groups in total. The minimum atomic E-state index is -0.412. The van der Waals surface area contributed by atoms with Crippen LogP contribution in [0.4, 0.5) is 0 Å². The Balaban J connectivity index is 2.19. The Morgan fingerprint density at radius 1 is 1.14 bits per heavy atom. The number of thiazole rings is 1. The second-order valence-corrected chi connectivity index (χ2v) is 5.67. The quantitative estimate of drug-likeness (QED) is 0.797. The van der Waals surface area contributed by atoms with E-state index in [1.54, 1.807) is 23.6 Å². The first-order valence-electron chi connectivity index (χ1n) is 6.56. The van der Waals surface area contributed by atoms with Crippen LogP contribution in [0.15, 0.2) is 54.0 Å². The minimum absolute atomic E-state index is 0.412. The molecule has 3 aromatic rings. The van der Waals surface area contributed by atoms with Gasteiger partial charge in [0.15, 0.2) is 0 Å². The van der Waals surface area contributed by atoms with Crippen LogP contribution >= 0.6 is 11.3 Å². The van der Waals surface area contributed by atoms with E-state index in [9.17, 15) is 4.79 Å². The molecule has 21 heavy (non-hydrogen) atoms. The molecule has 3 rings (SSSR count). The van der Waals surface area contributed by atoms with Gasteiger partial charge in [-0.3, -0.25) is 4.79 Å². The second kappa shape index (κ2) is 5.50. The lowest BCUT2D eigenvalue weighted by molar-refractivity contribution is 0.100. The summed E-state index contributed by atoms with van der Waals surface area (Å²) in [6.07, 6.45) is 1.79. The van der Waals surface area contributed by atoms with Crippen LogP contribution < -0.4 is 5.73 Å². The molecule has 4 heteroatoms. The van der Waals surface area contributed by atoms with E-state index in [4.69, 9.17) is 5.73 Å². The molecule has 1 aromatic heterocycles. The van der Waals surface area contributed by atoms with Gasteiger partial charge in [-0.15, -0.1) is 11.3 Å². The van der Waals surface area contributed by atoms with E-state index < -0.39 is 5.91 Å². The molecular weight excluding hydrogens is 280 g/mol. The Labute approximate surface area is 127 Å². The van der Waals surface area contributed by atoms with E-state index >= 15 is 0 Å². The summed E-state index contributed by atoms with van der Waals surface area (Å²) in [4.78, 5) is 16.0. The zero-order valence-electron chi connectivity index (χ0n) is 11.5. The lowest BCUT2D eigenvalue weighted by Crippen LogP contribution is -2.12. The molecule has 1 amide bonds. The maximum atomic E-state index is 11.6. The van der Waals surface area contributed by atoms with Gasteiger partial charge in [-0.05, 0) is 35.7 Å². The molecule has 0 aliphatic carbocycles. The van der Waals surface area contributed by atoms with Gasteiger partial charge in [0.2, 0.25) is 5.91 Å². The van der Waals surface area contributed by atoms with Gasteiger partial charge in [-0.1, -0.05) is 30.3 Å². The lowest BCUT2D eigenvalue weighted by atomic mass is 9.94. The van der Waals surface area contributed by atoms with Gasteiger partial charge >= 0.3 is 0 Å². The number of carbonyl (C=O) groups is 1. The van der Waals surface area contributed by atoms with Crippen LogP contribution in [0.1, 0.15) is 15.9 Å². The average Bonchev–Trinajstić information content (AvgIpc) is 3.02. The molecule has 0 saturated heterocycles. The standard InChI is InChI=1S/C17H14N2OS/c1-11-6-7-12(17-19-8-9-21-17)10-15(11)13-4-2-3-5-14(13)16(18)20/h2-10H,1H3,(H2,18,20). The fourth-order valence-electron chi connectivity index (χ4n) is 2.34. The van der Waals surface area contributed by atoms with Crippen molar-refractivity contribution in [2.24, 2.45) is 5.73 Å². The number of aryl methyl sites for hydroxylation is 1. The van der Waals surface area contributed by atoms with Gasteiger partial charge in [0, 0.05) is 22.7 Å². The molecule has 0 fully saturated rings. The number of nitrogens with zero attached hydrogens (tertiary/aromatic N) is 1. The van der Waals surface area contributed by atoms with E-state index in [0.29, 0.717) is 5.56 Å². The highest BCUT2D eigenvalue weighted by atomic mass is 32.1. The van der Waals surface area contributed by atoms with Crippen LogP contribution in [-0.2, 0) is 0 Å². The maximum absolute atomic E-state index is 11.6. The van der Waals surface area contributed by atoms with E-state index in [0.717, 1.165) is 27.3 Å². The highest BCUT2D eigenvalue weighted by molar-refractivity contribution is 7.13. The van der Waals surface area contributed by atoms with Crippen molar-refractivity contribution in [1.82, 2.24) is 4.98 Å². The fourth-order valence-corrected chi connectivity index (χ4v) is 2.98. The third-order valence-electron chi connectivity index (χ3n) is 3.40. The van der Waals surface area contributed by atoms with Gasteiger partial charge in [0.25, 0.3) is 0 Å². The van der Waals surface area contributed by atoms with Crippen LogP contribution in [0.2, 0.25) is 0 Å².